The van der Waals surface area contributed by atoms with Gasteiger partial charge in [-0.15, -0.1) is 0 Å². The smallest absolute Gasteiger partial charge is 0.257 e. The van der Waals surface area contributed by atoms with Crippen LogP contribution in [0.2, 0.25) is 0 Å². The second-order valence-corrected chi connectivity index (χ2v) is 10.3. The number of carbonyl (C=O) groups is 1. The van der Waals surface area contributed by atoms with Crippen LogP contribution in [0, 0.1) is 11.8 Å². The molecule has 1 saturated carbocycles. The summed E-state index contributed by atoms with van der Waals surface area (Å²) in [5.74, 6) is 2.85. The molecule has 2 heterocycles. The van der Waals surface area contributed by atoms with E-state index < -0.39 is 6.10 Å². The molecule has 7 heteroatoms. The molecular formula is C26H41N3O4. The largest absolute Gasteiger partial charge is 0.492 e. The number of β-amino-alcohol motifs (C(OH)–C–C–N with tert-alkyl or cyclic N) is 1. The minimum atomic E-state index is -0.550. The zero-order valence-corrected chi connectivity index (χ0v) is 20.4. The first kappa shape index (κ1) is 24.3. The maximum absolute atomic E-state index is 13.2. The Hall–Kier alpha value is -1.83. The summed E-state index contributed by atoms with van der Waals surface area (Å²) in [7, 11) is 4.01. The Morgan fingerprint density at radius 3 is 2.76 bits per heavy atom. The number of fused-ring (bicyclic) bond motifs is 2. The van der Waals surface area contributed by atoms with Crippen LogP contribution in [-0.4, -0.2) is 98.4 Å². The minimum Gasteiger partial charge on any atom is -0.492 e. The maximum atomic E-state index is 13.2. The highest BCUT2D eigenvalue weighted by Gasteiger charge is 2.32. The van der Waals surface area contributed by atoms with Crippen LogP contribution in [0.25, 0.3) is 0 Å². The number of rotatable bonds is 8. The number of amides is 1. The third-order valence-corrected chi connectivity index (χ3v) is 7.42. The van der Waals surface area contributed by atoms with Gasteiger partial charge in [0.15, 0.2) is 0 Å². The molecule has 2 unspecified atom stereocenters. The predicted octanol–water partition coefficient (Wildman–Crippen LogP) is 2.72. The van der Waals surface area contributed by atoms with Crippen molar-refractivity contribution in [1.29, 1.82) is 0 Å². The fourth-order valence-electron chi connectivity index (χ4n) is 5.58. The number of aliphatic hydroxyl groups excluding tert-OH is 1. The fourth-order valence-corrected chi connectivity index (χ4v) is 5.58. The van der Waals surface area contributed by atoms with Gasteiger partial charge in [0.25, 0.3) is 5.91 Å². The van der Waals surface area contributed by atoms with Crippen molar-refractivity contribution in [3.05, 3.63) is 23.8 Å². The first-order chi connectivity index (χ1) is 16.0. The summed E-state index contributed by atoms with van der Waals surface area (Å²) >= 11 is 0. The summed E-state index contributed by atoms with van der Waals surface area (Å²) in [6, 6.07) is 5.41. The highest BCUT2D eigenvalue weighted by atomic mass is 16.5. The second-order valence-electron chi connectivity index (χ2n) is 10.3. The predicted molar refractivity (Wildman–Crippen MR) is 129 cm³/mol. The van der Waals surface area contributed by atoms with Crippen molar-refractivity contribution in [3.8, 4) is 11.5 Å². The van der Waals surface area contributed by atoms with Gasteiger partial charge in [0.2, 0.25) is 0 Å². The Kier molecular flexibility index (Phi) is 8.50. The van der Waals surface area contributed by atoms with Crippen molar-refractivity contribution in [2.24, 2.45) is 11.8 Å². The molecule has 0 bridgehead atoms. The quantitative estimate of drug-likeness (QED) is 0.645. The standard InChI is InChI=1S/C26H41N3O4/c1-27(2)12-14-32-23-8-9-24-25(16-23)33-15-13-29(26(24)31)19-22(30)18-28-11-10-20-6-4-3-5-7-21(20)17-28/h8-9,16,20-22,30H,3-7,10-15,17-19H2,1-2H3/t20?,21?,22-/m1/s1. The van der Waals surface area contributed by atoms with E-state index in [0.29, 0.717) is 49.9 Å². The lowest BCUT2D eigenvalue weighted by molar-refractivity contribution is 0.0353. The lowest BCUT2D eigenvalue weighted by Gasteiger charge is -2.39. The molecule has 4 rings (SSSR count). The Bertz CT molecular complexity index is 787. The number of aliphatic hydroxyl groups is 1. The van der Waals surface area contributed by atoms with Crippen molar-refractivity contribution < 1.29 is 19.4 Å². The van der Waals surface area contributed by atoms with Crippen molar-refractivity contribution in [3.63, 3.8) is 0 Å². The molecule has 184 valence electrons. The number of ether oxygens (including phenoxy) is 2. The molecule has 1 aliphatic carbocycles. The number of hydrogen-bond donors (Lipinski definition) is 1. The third kappa shape index (κ3) is 6.61. The van der Waals surface area contributed by atoms with Gasteiger partial charge in [-0.3, -0.25) is 4.79 Å². The zero-order chi connectivity index (χ0) is 23.2. The summed E-state index contributed by atoms with van der Waals surface area (Å²) < 4.78 is 11.7. The molecule has 33 heavy (non-hydrogen) atoms. The maximum Gasteiger partial charge on any atom is 0.257 e. The van der Waals surface area contributed by atoms with E-state index in [2.05, 4.69) is 9.80 Å². The van der Waals surface area contributed by atoms with E-state index in [1.54, 1.807) is 17.0 Å². The van der Waals surface area contributed by atoms with Crippen LogP contribution in [0.15, 0.2) is 18.2 Å². The van der Waals surface area contributed by atoms with Crippen LogP contribution < -0.4 is 9.47 Å². The molecule has 1 saturated heterocycles. The van der Waals surface area contributed by atoms with Crippen LogP contribution in [0.4, 0.5) is 0 Å². The summed E-state index contributed by atoms with van der Waals surface area (Å²) in [5, 5.41) is 10.8. The van der Waals surface area contributed by atoms with Gasteiger partial charge in [0.1, 0.15) is 24.7 Å². The molecule has 1 aromatic rings. The van der Waals surface area contributed by atoms with Gasteiger partial charge < -0.3 is 29.3 Å². The molecule has 1 aromatic carbocycles. The molecule has 1 N–H and O–H groups in total. The first-order valence-corrected chi connectivity index (χ1v) is 12.7. The number of piperidine rings is 1. The van der Waals surface area contributed by atoms with E-state index in [0.717, 1.165) is 31.5 Å². The number of nitrogens with zero attached hydrogens (tertiary/aromatic N) is 3. The molecule has 0 spiro atoms. The van der Waals surface area contributed by atoms with E-state index >= 15 is 0 Å². The Balaban J connectivity index is 1.31. The minimum absolute atomic E-state index is 0.0798. The molecule has 7 nitrogen and oxygen atoms in total. The first-order valence-electron chi connectivity index (χ1n) is 12.7. The van der Waals surface area contributed by atoms with E-state index in [-0.39, 0.29) is 5.91 Å². The van der Waals surface area contributed by atoms with Gasteiger partial charge in [-0.05, 0) is 57.5 Å². The summed E-state index contributed by atoms with van der Waals surface area (Å²) in [6.45, 7) is 5.43. The highest BCUT2D eigenvalue weighted by molar-refractivity contribution is 5.97. The highest BCUT2D eigenvalue weighted by Crippen LogP contribution is 2.35. The fraction of sp³-hybridized carbons (Fsp3) is 0.731. The molecule has 3 atom stereocenters. The Morgan fingerprint density at radius 2 is 1.94 bits per heavy atom. The second kappa shape index (κ2) is 11.5. The molecule has 2 aliphatic heterocycles. The number of likely N-dealkylation sites (N-methyl/N-ethyl adjacent to an activating group) is 1. The van der Waals surface area contributed by atoms with Gasteiger partial charge in [-0.25, -0.2) is 0 Å². The van der Waals surface area contributed by atoms with E-state index in [1.165, 1.54) is 38.5 Å². The SMILES string of the molecule is CN(C)CCOc1ccc2c(c1)OCCN(C[C@H](O)CN1CCC3CCCCCC3C1)C2=O. The van der Waals surface area contributed by atoms with Gasteiger partial charge in [-0.2, -0.15) is 0 Å². The average Bonchev–Trinajstić information content (AvgIpc) is 3.10. The number of hydrogen-bond acceptors (Lipinski definition) is 6. The van der Waals surface area contributed by atoms with E-state index in [4.69, 9.17) is 9.47 Å². The normalized spacial score (nSPS) is 25.0. The lowest BCUT2D eigenvalue weighted by atomic mass is 9.82. The molecule has 0 radical (unpaired) electrons. The van der Waals surface area contributed by atoms with Gasteiger partial charge >= 0.3 is 0 Å². The van der Waals surface area contributed by atoms with Crippen LogP contribution in [0.5, 0.6) is 11.5 Å². The van der Waals surface area contributed by atoms with Crippen LogP contribution >= 0.6 is 0 Å². The van der Waals surface area contributed by atoms with Gasteiger partial charge in [0, 0.05) is 32.2 Å². The molecular weight excluding hydrogens is 418 g/mol. The molecule has 1 amide bonds. The molecule has 0 aromatic heterocycles. The van der Waals surface area contributed by atoms with Crippen molar-refractivity contribution in [2.75, 3.05) is 66.6 Å². The van der Waals surface area contributed by atoms with Gasteiger partial charge in [0.05, 0.1) is 18.2 Å². The monoisotopic (exact) mass is 459 g/mol. The summed E-state index contributed by atoms with van der Waals surface area (Å²) in [5.41, 5.74) is 0.541. The summed E-state index contributed by atoms with van der Waals surface area (Å²) in [6.07, 6.45) is 7.52. The Labute approximate surface area is 198 Å². The van der Waals surface area contributed by atoms with Crippen LogP contribution in [-0.2, 0) is 0 Å². The number of likely N-dealkylation sites (tertiary alicyclic amines) is 1. The van der Waals surface area contributed by atoms with E-state index in [1.807, 2.05) is 20.2 Å². The van der Waals surface area contributed by atoms with Crippen LogP contribution in [0.3, 0.4) is 0 Å². The van der Waals surface area contributed by atoms with Crippen molar-refractivity contribution in [1.82, 2.24) is 14.7 Å². The van der Waals surface area contributed by atoms with Crippen molar-refractivity contribution >= 4 is 5.91 Å². The molecule has 2 fully saturated rings. The number of benzene rings is 1. The summed E-state index contributed by atoms with van der Waals surface area (Å²) in [4.78, 5) is 19.4. The number of carbonyl (C=O) groups excluding carboxylic acids is 1. The lowest BCUT2D eigenvalue weighted by Crippen LogP contribution is -2.47. The molecule has 3 aliphatic rings. The zero-order valence-electron chi connectivity index (χ0n) is 20.4. The van der Waals surface area contributed by atoms with Gasteiger partial charge in [-0.1, -0.05) is 25.7 Å². The van der Waals surface area contributed by atoms with E-state index in [9.17, 15) is 9.90 Å². The topological polar surface area (TPSA) is 65.5 Å². The third-order valence-electron chi connectivity index (χ3n) is 7.42. The van der Waals surface area contributed by atoms with Crippen molar-refractivity contribution in [2.45, 2.75) is 44.6 Å². The average molecular weight is 460 g/mol. The van der Waals surface area contributed by atoms with Crippen LogP contribution in [0.1, 0.15) is 48.9 Å². The Morgan fingerprint density at radius 1 is 1.12 bits per heavy atom.